The Bertz CT molecular complexity index is 1160. The number of aliphatic hydroxyl groups is 1. The van der Waals surface area contributed by atoms with Crippen LogP contribution in [0.5, 0.6) is 0 Å². The van der Waals surface area contributed by atoms with Crippen molar-refractivity contribution in [2.24, 2.45) is 0 Å². The third-order valence-electron chi connectivity index (χ3n) is 3.83. The number of rotatable bonds is 3. The quantitative estimate of drug-likeness (QED) is 0.529. The number of aliphatic hydroxyl groups excluding tert-OH is 1. The van der Waals surface area contributed by atoms with Crippen molar-refractivity contribution in [1.29, 1.82) is 0 Å². The van der Waals surface area contributed by atoms with Gasteiger partial charge in [-0.15, -0.1) is 0 Å². The Hall–Kier alpha value is -3.03. The molecule has 4 aromatic rings. The van der Waals surface area contributed by atoms with Crippen LogP contribution >= 0.6 is 11.3 Å². The van der Waals surface area contributed by atoms with Crippen LogP contribution in [0.4, 0.5) is 5.69 Å². The topological polar surface area (TPSA) is 95.1 Å². The van der Waals surface area contributed by atoms with Crippen molar-refractivity contribution in [2.75, 3.05) is 5.32 Å². The highest BCUT2D eigenvalue weighted by Gasteiger charge is 2.11. The zero-order valence-corrected chi connectivity index (χ0v) is 13.8. The molecule has 0 unspecified atom stereocenters. The number of hydrogen-bond donors (Lipinski definition) is 3. The number of benzene rings is 2. The molecule has 2 aromatic heterocycles. The van der Waals surface area contributed by atoms with Gasteiger partial charge in [0, 0.05) is 11.1 Å². The van der Waals surface area contributed by atoms with Gasteiger partial charge in [0.2, 0.25) is 4.74 Å². The molecule has 7 heteroatoms. The molecule has 6 nitrogen and oxygen atoms in total. The fraction of sp³-hybridized carbons (Fsp3) is 0.0556. The maximum absolute atomic E-state index is 12.5. The number of anilines is 1. The molecule has 0 atom stereocenters. The highest BCUT2D eigenvalue weighted by molar-refractivity contribution is 7.12. The van der Waals surface area contributed by atoms with E-state index in [4.69, 9.17) is 5.11 Å². The van der Waals surface area contributed by atoms with Crippen LogP contribution in [0.2, 0.25) is 0 Å². The molecule has 0 aliphatic heterocycles. The Morgan fingerprint density at radius 1 is 1.20 bits per heavy atom. The van der Waals surface area contributed by atoms with Crippen molar-refractivity contribution < 1.29 is 9.90 Å². The van der Waals surface area contributed by atoms with Crippen molar-refractivity contribution in [3.8, 4) is 0 Å². The molecule has 0 aliphatic carbocycles. The molecule has 25 heavy (non-hydrogen) atoms. The van der Waals surface area contributed by atoms with Crippen LogP contribution in [0.25, 0.3) is 21.8 Å². The lowest BCUT2D eigenvalue weighted by atomic mass is 10.2. The summed E-state index contributed by atoms with van der Waals surface area (Å²) in [6, 6.07) is 14.1. The number of fused-ring (bicyclic) bond motifs is 2. The molecule has 0 bridgehead atoms. The van der Waals surface area contributed by atoms with Crippen molar-refractivity contribution >= 4 is 44.7 Å². The van der Waals surface area contributed by atoms with E-state index in [2.05, 4.69) is 15.3 Å². The maximum Gasteiger partial charge on any atom is 0.265 e. The average Bonchev–Trinajstić information content (AvgIpc) is 3.04. The minimum Gasteiger partial charge on any atom is -0.388 e. The summed E-state index contributed by atoms with van der Waals surface area (Å²) in [5.41, 5.74) is 2.00. The van der Waals surface area contributed by atoms with E-state index in [9.17, 15) is 9.59 Å². The van der Waals surface area contributed by atoms with E-state index >= 15 is 0 Å². The molecule has 4 rings (SSSR count). The van der Waals surface area contributed by atoms with Gasteiger partial charge in [0.05, 0.1) is 15.9 Å². The predicted octanol–water partition coefficient (Wildman–Crippen LogP) is 2.88. The lowest BCUT2D eigenvalue weighted by Gasteiger charge is -2.05. The Morgan fingerprint density at radius 3 is 2.88 bits per heavy atom. The number of carbonyl (C=O) groups is 1. The number of amides is 1. The number of nitrogens with one attached hydrogen (secondary N) is 2. The summed E-state index contributed by atoms with van der Waals surface area (Å²) in [4.78, 5) is 32.2. The van der Waals surface area contributed by atoms with Crippen LogP contribution in [0.3, 0.4) is 0 Å². The molecule has 0 fully saturated rings. The van der Waals surface area contributed by atoms with Crippen molar-refractivity contribution in [1.82, 2.24) is 9.97 Å². The molecule has 0 spiro atoms. The lowest BCUT2D eigenvalue weighted by Crippen LogP contribution is -2.12. The highest BCUT2D eigenvalue weighted by atomic mass is 32.1. The first-order chi connectivity index (χ1) is 12.1. The van der Waals surface area contributed by atoms with Crippen LogP contribution in [-0.4, -0.2) is 21.0 Å². The molecular formula is C18H13N3O3S. The number of H-pyrrole nitrogens is 1. The summed E-state index contributed by atoms with van der Waals surface area (Å²) in [5.74, 6) is 0.125. The van der Waals surface area contributed by atoms with Gasteiger partial charge in [-0.05, 0) is 35.7 Å². The van der Waals surface area contributed by atoms with Gasteiger partial charge in [0.25, 0.3) is 5.91 Å². The molecule has 2 heterocycles. The molecule has 2 aromatic carbocycles. The van der Waals surface area contributed by atoms with E-state index < -0.39 is 0 Å². The van der Waals surface area contributed by atoms with Crippen LogP contribution < -0.4 is 10.1 Å². The summed E-state index contributed by atoms with van der Waals surface area (Å²) < 4.78 is -0.139. The summed E-state index contributed by atoms with van der Waals surface area (Å²) in [5, 5.41) is 13.3. The molecular weight excluding hydrogens is 338 g/mol. The van der Waals surface area contributed by atoms with E-state index in [0.717, 1.165) is 16.7 Å². The predicted molar refractivity (Wildman–Crippen MR) is 98.1 cm³/mol. The van der Waals surface area contributed by atoms with E-state index in [1.165, 1.54) is 0 Å². The SMILES string of the molecule is O=C(Nc1ccc2nc(CO)[nH]c2c1)c1cc2ccccc2c(=O)s1. The highest BCUT2D eigenvalue weighted by Crippen LogP contribution is 2.20. The Kier molecular flexibility index (Phi) is 3.79. The molecule has 124 valence electrons. The van der Waals surface area contributed by atoms with Crippen LogP contribution in [0.1, 0.15) is 15.5 Å². The summed E-state index contributed by atoms with van der Waals surface area (Å²) >= 11 is 0.925. The number of imidazole rings is 1. The minimum absolute atomic E-state index is 0.139. The first-order valence-electron chi connectivity index (χ1n) is 7.58. The zero-order chi connectivity index (χ0) is 17.4. The first-order valence-corrected chi connectivity index (χ1v) is 8.39. The smallest absolute Gasteiger partial charge is 0.265 e. The van der Waals surface area contributed by atoms with Gasteiger partial charge in [0.1, 0.15) is 12.4 Å². The molecule has 1 amide bonds. The van der Waals surface area contributed by atoms with Gasteiger partial charge >= 0.3 is 0 Å². The van der Waals surface area contributed by atoms with Gasteiger partial charge in [-0.1, -0.05) is 29.5 Å². The summed E-state index contributed by atoms with van der Waals surface area (Å²) in [6.45, 7) is -0.179. The minimum atomic E-state index is -0.339. The molecule has 0 saturated carbocycles. The Balaban J connectivity index is 1.66. The summed E-state index contributed by atoms with van der Waals surface area (Å²) in [7, 11) is 0. The van der Waals surface area contributed by atoms with Crippen LogP contribution in [-0.2, 0) is 6.61 Å². The van der Waals surface area contributed by atoms with Gasteiger partial charge in [-0.3, -0.25) is 9.59 Å². The normalized spacial score (nSPS) is 11.1. The van der Waals surface area contributed by atoms with Crippen molar-refractivity contribution in [3.05, 3.63) is 68.8 Å². The second-order valence-corrected chi connectivity index (χ2v) is 6.53. The molecule has 3 N–H and O–H groups in total. The molecule has 0 aliphatic rings. The fourth-order valence-electron chi connectivity index (χ4n) is 2.65. The summed E-state index contributed by atoms with van der Waals surface area (Å²) in [6.07, 6.45) is 0. The second kappa shape index (κ2) is 6.12. The maximum atomic E-state index is 12.5. The number of nitrogens with zero attached hydrogens (tertiary/aromatic N) is 1. The van der Waals surface area contributed by atoms with Gasteiger partial charge in [-0.25, -0.2) is 4.98 Å². The van der Waals surface area contributed by atoms with E-state index in [1.54, 1.807) is 36.4 Å². The van der Waals surface area contributed by atoms with Crippen LogP contribution in [0, 0.1) is 0 Å². The first kappa shape index (κ1) is 15.5. The largest absolute Gasteiger partial charge is 0.388 e. The van der Waals surface area contributed by atoms with Gasteiger partial charge < -0.3 is 15.4 Å². The van der Waals surface area contributed by atoms with Gasteiger partial charge in [0.15, 0.2) is 0 Å². The lowest BCUT2D eigenvalue weighted by molar-refractivity contribution is 0.103. The number of hydrogen-bond acceptors (Lipinski definition) is 5. The molecule has 0 radical (unpaired) electrons. The van der Waals surface area contributed by atoms with Gasteiger partial charge in [-0.2, -0.15) is 0 Å². The fourth-order valence-corrected chi connectivity index (χ4v) is 3.48. The average molecular weight is 351 g/mol. The Morgan fingerprint density at radius 2 is 2.04 bits per heavy atom. The third-order valence-corrected chi connectivity index (χ3v) is 4.76. The number of carbonyl (C=O) groups excluding carboxylic acids is 1. The second-order valence-electron chi connectivity index (χ2n) is 5.51. The number of aromatic amines is 1. The third kappa shape index (κ3) is 2.90. The number of aromatic nitrogens is 2. The van der Waals surface area contributed by atoms with E-state index in [1.807, 2.05) is 12.1 Å². The Labute approximate surface area is 145 Å². The van der Waals surface area contributed by atoms with Crippen LogP contribution in [0.15, 0.2) is 53.3 Å². The molecule has 0 saturated heterocycles. The van der Waals surface area contributed by atoms with Crippen molar-refractivity contribution in [3.63, 3.8) is 0 Å². The monoisotopic (exact) mass is 351 g/mol. The van der Waals surface area contributed by atoms with E-state index in [0.29, 0.717) is 32.8 Å². The van der Waals surface area contributed by atoms with E-state index in [-0.39, 0.29) is 17.3 Å². The zero-order valence-electron chi connectivity index (χ0n) is 12.9. The standard InChI is InChI=1S/C18H13N3O3S/c22-9-16-20-13-6-5-11(8-14(13)21-16)19-17(23)15-7-10-3-1-2-4-12(10)18(24)25-15/h1-8,22H,9H2,(H,19,23)(H,20,21). The van der Waals surface area contributed by atoms with Crippen molar-refractivity contribution in [2.45, 2.75) is 6.61 Å².